The van der Waals surface area contributed by atoms with Crippen LogP contribution in [0.25, 0.3) is 0 Å². The van der Waals surface area contributed by atoms with Gasteiger partial charge in [-0.1, -0.05) is 35.9 Å². The number of nitrogens with zero attached hydrogens (tertiary/aromatic N) is 2. The first-order chi connectivity index (χ1) is 13.9. The number of halogens is 2. The van der Waals surface area contributed by atoms with E-state index < -0.39 is 12.1 Å². The van der Waals surface area contributed by atoms with E-state index >= 15 is 0 Å². The van der Waals surface area contributed by atoms with E-state index in [1.54, 1.807) is 30.0 Å². The third-order valence-corrected chi connectivity index (χ3v) is 5.91. The van der Waals surface area contributed by atoms with E-state index in [1.807, 2.05) is 18.2 Å². The van der Waals surface area contributed by atoms with Gasteiger partial charge >= 0.3 is 0 Å². The summed E-state index contributed by atoms with van der Waals surface area (Å²) in [5.74, 6) is -0.411. The average molecular weight is 416 g/mol. The Bertz CT molecular complexity index is 934. The predicted molar refractivity (Wildman–Crippen MR) is 109 cm³/mol. The summed E-state index contributed by atoms with van der Waals surface area (Å²) >= 11 is 5.92. The van der Waals surface area contributed by atoms with E-state index in [1.165, 1.54) is 6.07 Å². The zero-order valence-corrected chi connectivity index (χ0v) is 17.0. The summed E-state index contributed by atoms with van der Waals surface area (Å²) < 4.78 is 13.8. The van der Waals surface area contributed by atoms with Crippen LogP contribution in [-0.2, 0) is 22.6 Å². The van der Waals surface area contributed by atoms with Gasteiger partial charge in [0.1, 0.15) is 17.9 Å². The maximum Gasteiger partial charge on any atom is 0.246 e. The lowest BCUT2D eigenvalue weighted by molar-refractivity contribution is -0.153. The fraction of sp³-hybridized carbons (Fsp3) is 0.364. The van der Waals surface area contributed by atoms with Crippen LogP contribution >= 0.6 is 11.6 Å². The number of fused-ring (bicyclic) bond motifs is 1. The van der Waals surface area contributed by atoms with E-state index in [9.17, 15) is 14.0 Å². The first-order valence-corrected chi connectivity index (χ1v) is 10.1. The molecule has 2 aromatic carbocycles. The molecule has 5 nitrogen and oxygen atoms in total. The largest absolute Gasteiger partial charge is 0.342 e. The molecule has 2 amide bonds. The summed E-state index contributed by atoms with van der Waals surface area (Å²) in [5, 5.41) is 3.52. The number of carbonyl (C=O) groups excluding carboxylic acids is 2. The van der Waals surface area contributed by atoms with Gasteiger partial charge < -0.3 is 10.2 Å². The predicted octanol–water partition coefficient (Wildman–Crippen LogP) is 2.54. The average Bonchev–Trinajstić information content (AvgIpc) is 2.70. The highest BCUT2D eigenvalue weighted by Crippen LogP contribution is 2.21. The van der Waals surface area contributed by atoms with Crippen LogP contribution < -0.4 is 5.32 Å². The summed E-state index contributed by atoms with van der Waals surface area (Å²) in [6, 6.07) is 11.4. The fourth-order valence-electron chi connectivity index (χ4n) is 3.99. The number of aryl methyl sites for hydroxylation is 1. The zero-order chi connectivity index (χ0) is 20.5. The summed E-state index contributed by atoms with van der Waals surface area (Å²) in [4.78, 5) is 29.4. The highest BCUT2D eigenvalue weighted by atomic mass is 35.5. The number of benzene rings is 2. The quantitative estimate of drug-likeness (QED) is 0.835. The number of nitrogens with one attached hydrogen (secondary N) is 1. The number of piperazine rings is 2. The van der Waals surface area contributed by atoms with Crippen molar-refractivity contribution in [2.45, 2.75) is 32.0 Å². The van der Waals surface area contributed by atoms with Crippen LogP contribution in [0.3, 0.4) is 0 Å². The number of amides is 2. The Balaban J connectivity index is 1.41. The SMILES string of the molecule is Cc1ccc(CN2CCN3C(=O)[C@H](Cc4ccc(Cl)cc4)NC(=O)[C@H]3C2)cc1F. The molecule has 2 atom stereocenters. The van der Waals surface area contributed by atoms with Gasteiger partial charge in [0.2, 0.25) is 11.8 Å². The van der Waals surface area contributed by atoms with Gasteiger partial charge in [0.05, 0.1) is 0 Å². The molecule has 0 radical (unpaired) electrons. The molecule has 2 saturated heterocycles. The highest BCUT2D eigenvalue weighted by molar-refractivity contribution is 6.30. The summed E-state index contributed by atoms with van der Waals surface area (Å²) in [5.41, 5.74) is 2.43. The first kappa shape index (κ1) is 19.9. The Hall–Kier alpha value is -2.44. The molecule has 152 valence electrons. The Morgan fingerprint density at radius 3 is 2.55 bits per heavy atom. The molecular formula is C22H23ClFN3O2. The summed E-state index contributed by atoms with van der Waals surface area (Å²) in [7, 11) is 0. The standard InChI is InChI=1S/C22H23ClFN3O2/c1-14-2-3-16(10-18(14)24)12-26-8-9-27-20(13-26)21(28)25-19(22(27)29)11-15-4-6-17(23)7-5-15/h2-7,10,19-20H,8-9,11-13H2,1H3,(H,25,28)/t19-,20+/m0/s1. The lowest BCUT2D eigenvalue weighted by atomic mass is 9.98. The highest BCUT2D eigenvalue weighted by Gasteiger charge is 2.43. The van der Waals surface area contributed by atoms with Gasteiger partial charge in [0.15, 0.2) is 0 Å². The second-order valence-corrected chi connectivity index (χ2v) is 8.19. The second-order valence-electron chi connectivity index (χ2n) is 7.76. The van der Waals surface area contributed by atoms with E-state index in [2.05, 4.69) is 10.2 Å². The van der Waals surface area contributed by atoms with Crippen LogP contribution in [0.4, 0.5) is 4.39 Å². The Labute approximate surface area is 174 Å². The molecule has 2 aliphatic rings. The van der Waals surface area contributed by atoms with Crippen LogP contribution in [-0.4, -0.2) is 53.3 Å². The smallest absolute Gasteiger partial charge is 0.246 e. The summed E-state index contributed by atoms with van der Waals surface area (Å²) in [6.07, 6.45) is 0.442. The van der Waals surface area contributed by atoms with Crippen LogP contribution in [0.2, 0.25) is 5.02 Å². The van der Waals surface area contributed by atoms with Gasteiger partial charge in [-0.05, 0) is 41.8 Å². The Morgan fingerprint density at radius 2 is 1.83 bits per heavy atom. The van der Waals surface area contributed by atoms with E-state index in [0.717, 1.165) is 11.1 Å². The molecule has 0 spiro atoms. The normalized spacial score (nSPS) is 22.4. The fourth-order valence-corrected chi connectivity index (χ4v) is 4.11. The number of carbonyl (C=O) groups is 2. The van der Waals surface area contributed by atoms with Crippen molar-refractivity contribution in [2.75, 3.05) is 19.6 Å². The van der Waals surface area contributed by atoms with Crippen LogP contribution in [0.15, 0.2) is 42.5 Å². The zero-order valence-electron chi connectivity index (χ0n) is 16.2. The van der Waals surface area contributed by atoms with Crippen molar-refractivity contribution in [1.29, 1.82) is 0 Å². The Kier molecular flexibility index (Phi) is 5.56. The molecule has 2 aromatic rings. The minimum atomic E-state index is -0.558. The topological polar surface area (TPSA) is 52.6 Å². The molecule has 1 N–H and O–H groups in total. The van der Waals surface area contributed by atoms with Gasteiger partial charge in [-0.15, -0.1) is 0 Å². The van der Waals surface area contributed by atoms with Crippen molar-refractivity contribution in [1.82, 2.24) is 15.1 Å². The molecule has 0 bridgehead atoms. The van der Waals surface area contributed by atoms with Crippen molar-refractivity contribution in [2.24, 2.45) is 0 Å². The van der Waals surface area contributed by atoms with Crippen molar-refractivity contribution >= 4 is 23.4 Å². The Morgan fingerprint density at radius 1 is 1.10 bits per heavy atom. The molecule has 0 unspecified atom stereocenters. The van der Waals surface area contributed by atoms with Gasteiger partial charge in [-0.25, -0.2) is 4.39 Å². The minimum absolute atomic E-state index is 0.0504. The molecule has 0 saturated carbocycles. The van der Waals surface area contributed by atoms with Crippen molar-refractivity contribution in [3.63, 3.8) is 0 Å². The van der Waals surface area contributed by atoms with Crippen LogP contribution in [0, 0.1) is 12.7 Å². The molecule has 0 aliphatic carbocycles. The number of rotatable bonds is 4. The molecule has 4 rings (SSSR count). The molecule has 2 fully saturated rings. The second kappa shape index (κ2) is 8.13. The summed E-state index contributed by atoms with van der Waals surface area (Å²) in [6.45, 7) is 3.87. The number of hydrogen-bond donors (Lipinski definition) is 1. The molecule has 0 aromatic heterocycles. The molecule has 29 heavy (non-hydrogen) atoms. The van der Waals surface area contributed by atoms with Crippen molar-refractivity contribution in [3.05, 3.63) is 70.0 Å². The van der Waals surface area contributed by atoms with Gasteiger partial charge in [-0.3, -0.25) is 14.5 Å². The van der Waals surface area contributed by atoms with E-state index in [0.29, 0.717) is 43.2 Å². The maximum atomic E-state index is 13.8. The molecule has 2 aliphatic heterocycles. The van der Waals surface area contributed by atoms with Gasteiger partial charge in [-0.2, -0.15) is 0 Å². The van der Waals surface area contributed by atoms with Gasteiger partial charge in [0.25, 0.3) is 0 Å². The molecular weight excluding hydrogens is 393 g/mol. The van der Waals surface area contributed by atoms with Crippen LogP contribution in [0.5, 0.6) is 0 Å². The third-order valence-electron chi connectivity index (χ3n) is 5.66. The van der Waals surface area contributed by atoms with Crippen molar-refractivity contribution < 1.29 is 14.0 Å². The first-order valence-electron chi connectivity index (χ1n) is 9.73. The third kappa shape index (κ3) is 4.28. The minimum Gasteiger partial charge on any atom is -0.342 e. The van der Waals surface area contributed by atoms with Crippen LogP contribution in [0.1, 0.15) is 16.7 Å². The lowest BCUT2D eigenvalue weighted by Gasteiger charge is -2.45. The van der Waals surface area contributed by atoms with E-state index in [4.69, 9.17) is 11.6 Å². The maximum absolute atomic E-state index is 13.8. The van der Waals surface area contributed by atoms with Crippen molar-refractivity contribution in [3.8, 4) is 0 Å². The van der Waals surface area contributed by atoms with Gasteiger partial charge in [0, 0.05) is 37.6 Å². The molecule has 7 heteroatoms. The van der Waals surface area contributed by atoms with E-state index in [-0.39, 0.29) is 17.6 Å². The monoisotopic (exact) mass is 415 g/mol. The lowest BCUT2D eigenvalue weighted by Crippen LogP contribution is -2.69. The molecule has 2 heterocycles. The number of hydrogen-bond acceptors (Lipinski definition) is 3.